The number of nitrogens with zero attached hydrogens (tertiary/aromatic N) is 5. The quantitative estimate of drug-likeness (QED) is 0.521. The summed E-state index contributed by atoms with van der Waals surface area (Å²) < 4.78 is 1.79. The van der Waals surface area contributed by atoms with Gasteiger partial charge in [0.25, 0.3) is 0 Å². The number of nitrogen functional groups attached to an aromatic ring is 1. The molecule has 7 nitrogen and oxygen atoms in total. The SMILES string of the molecule is Nc1ccc(CCNc2ncnc3c2nnn3Cc2ccccc2)cc1. The molecule has 0 saturated carbocycles. The van der Waals surface area contributed by atoms with Crippen molar-refractivity contribution in [1.82, 2.24) is 25.0 Å². The lowest BCUT2D eigenvalue weighted by Gasteiger charge is -2.06. The highest BCUT2D eigenvalue weighted by molar-refractivity contribution is 5.81. The summed E-state index contributed by atoms with van der Waals surface area (Å²) in [6.07, 6.45) is 2.41. The maximum absolute atomic E-state index is 5.72. The molecule has 0 atom stereocenters. The normalized spacial score (nSPS) is 10.9. The van der Waals surface area contributed by atoms with E-state index in [9.17, 15) is 0 Å². The van der Waals surface area contributed by atoms with Gasteiger partial charge in [-0.3, -0.25) is 0 Å². The van der Waals surface area contributed by atoms with Crippen molar-refractivity contribution in [2.75, 3.05) is 17.6 Å². The van der Waals surface area contributed by atoms with Gasteiger partial charge in [-0.25, -0.2) is 14.6 Å². The minimum Gasteiger partial charge on any atom is -0.399 e. The number of hydrogen-bond acceptors (Lipinski definition) is 6. The maximum atomic E-state index is 5.72. The van der Waals surface area contributed by atoms with Crippen molar-refractivity contribution in [3.63, 3.8) is 0 Å². The van der Waals surface area contributed by atoms with E-state index in [0.29, 0.717) is 17.9 Å². The van der Waals surface area contributed by atoms with Gasteiger partial charge in [0, 0.05) is 12.2 Å². The van der Waals surface area contributed by atoms with Gasteiger partial charge in [-0.2, -0.15) is 0 Å². The molecule has 130 valence electrons. The third-order valence-corrected chi connectivity index (χ3v) is 4.16. The highest BCUT2D eigenvalue weighted by Crippen LogP contribution is 2.17. The third kappa shape index (κ3) is 3.46. The number of rotatable bonds is 6. The zero-order chi connectivity index (χ0) is 17.8. The summed E-state index contributed by atoms with van der Waals surface area (Å²) in [5.41, 5.74) is 10.3. The van der Waals surface area contributed by atoms with Crippen molar-refractivity contribution < 1.29 is 0 Å². The molecule has 2 aromatic carbocycles. The van der Waals surface area contributed by atoms with Crippen LogP contribution in [-0.4, -0.2) is 31.5 Å². The molecule has 0 aliphatic heterocycles. The van der Waals surface area contributed by atoms with E-state index in [2.05, 4.69) is 37.7 Å². The second-order valence-electron chi connectivity index (χ2n) is 6.05. The number of aromatic nitrogens is 5. The summed E-state index contributed by atoms with van der Waals surface area (Å²) in [6, 6.07) is 18.0. The molecule has 3 N–H and O–H groups in total. The van der Waals surface area contributed by atoms with E-state index in [1.807, 2.05) is 42.5 Å². The Balaban J connectivity index is 1.48. The zero-order valence-electron chi connectivity index (χ0n) is 14.2. The van der Waals surface area contributed by atoms with E-state index in [1.54, 1.807) is 11.0 Å². The van der Waals surface area contributed by atoms with E-state index in [-0.39, 0.29) is 0 Å². The fourth-order valence-electron chi connectivity index (χ4n) is 2.79. The molecule has 4 rings (SSSR count). The largest absolute Gasteiger partial charge is 0.399 e. The monoisotopic (exact) mass is 345 g/mol. The van der Waals surface area contributed by atoms with Crippen LogP contribution in [0.5, 0.6) is 0 Å². The molecule has 0 radical (unpaired) electrons. The van der Waals surface area contributed by atoms with Crippen LogP contribution >= 0.6 is 0 Å². The average Bonchev–Trinajstić information content (AvgIpc) is 3.08. The second kappa shape index (κ2) is 7.18. The first-order valence-electron chi connectivity index (χ1n) is 8.46. The van der Waals surface area contributed by atoms with Gasteiger partial charge in [-0.15, -0.1) is 5.10 Å². The van der Waals surface area contributed by atoms with Gasteiger partial charge in [-0.1, -0.05) is 47.7 Å². The average molecular weight is 345 g/mol. The number of benzene rings is 2. The Kier molecular flexibility index (Phi) is 4.42. The Bertz CT molecular complexity index is 994. The number of hydrogen-bond donors (Lipinski definition) is 2. The van der Waals surface area contributed by atoms with Gasteiger partial charge in [0.05, 0.1) is 6.54 Å². The van der Waals surface area contributed by atoms with Gasteiger partial charge < -0.3 is 11.1 Å². The van der Waals surface area contributed by atoms with E-state index in [0.717, 1.165) is 29.9 Å². The van der Waals surface area contributed by atoms with Crippen LogP contribution in [0.2, 0.25) is 0 Å². The Labute approximate surface area is 150 Å². The van der Waals surface area contributed by atoms with Crippen LogP contribution in [0.15, 0.2) is 60.9 Å². The molecule has 0 aliphatic carbocycles. The van der Waals surface area contributed by atoms with Crippen LogP contribution in [0.25, 0.3) is 11.2 Å². The van der Waals surface area contributed by atoms with Gasteiger partial charge in [0.1, 0.15) is 6.33 Å². The standard InChI is InChI=1S/C19H19N7/c20-16-8-6-14(7-9-16)10-11-21-18-17-19(23-13-22-18)26(25-24-17)12-15-4-2-1-3-5-15/h1-9,13H,10-12,20H2,(H,21,22,23). The van der Waals surface area contributed by atoms with Crippen molar-refractivity contribution in [3.05, 3.63) is 72.1 Å². The second-order valence-corrected chi connectivity index (χ2v) is 6.05. The van der Waals surface area contributed by atoms with Crippen molar-refractivity contribution >= 4 is 22.7 Å². The van der Waals surface area contributed by atoms with E-state index in [4.69, 9.17) is 5.73 Å². The van der Waals surface area contributed by atoms with Gasteiger partial charge in [0.15, 0.2) is 17.0 Å². The highest BCUT2D eigenvalue weighted by atomic mass is 15.4. The first-order valence-corrected chi connectivity index (χ1v) is 8.46. The van der Waals surface area contributed by atoms with Crippen molar-refractivity contribution in [2.45, 2.75) is 13.0 Å². The van der Waals surface area contributed by atoms with Gasteiger partial charge in [0.2, 0.25) is 0 Å². The number of anilines is 2. The summed E-state index contributed by atoms with van der Waals surface area (Å²) in [5.74, 6) is 0.699. The zero-order valence-corrected chi connectivity index (χ0v) is 14.2. The van der Waals surface area contributed by atoms with E-state index in [1.165, 1.54) is 5.56 Å². The fourth-order valence-corrected chi connectivity index (χ4v) is 2.79. The highest BCUT2D eigenvalue weighted by Gasteiger charge is 2.11. The smallest absolute Gasteiger partial charge is 0.184 e. The number of fused-ring (bicyclic) bond motifs is 1. The summed E-state index contributed by atoms with van der Waals surface area (Å²) in [6.45, 7) is 1.36. The van der Waals surface area contributed by atoms with Crippen molar-refractivity contribution in [1.29, 1.82) is 0 Å². The molecule has 4 aromatic rings. The fraction of sp³-hybridized carbons (Fsp3) is 0.158. The van der Waals surface area contributed by atoms with Crippen LogP contribution in [0.3, 0.4) is 0 Å². The van der Waals surface area contributed by atoms with Gasteiger partial charge in [-0.05, 0) is 29.7 Å². The Hall–Kier alpha value is -3.48. The molecule has 26 heavy (non-hydrogen) atoms. The topological polar surface area (TPSA) is 94.5 Å². The molecule has 0 aliphatic rings. The molecule has 0 bridgehead atoms. The Morgan fingerprint density at radius 3 is 2.54 bits per heavy atom. The van der Waals surface area contributed by atoms with E-state index < -0.39 is 0 Å². The molecule has 2 aromatic heterocycles. The lowest BCUT2D eigenvalue weighted by atomic mass is 10.1. The predicted octanol–water partition coefficient (Wildman–Crippen LogP) is 2.51. The van der Waals surface area contributed by atoms with Crippen molar-refractivity contribution in [3.8, 4) is 0 Å². The third-order valence-electron chi connectivity index (χ3n) is 4.16. The molecule has 0 amide bonds. The van der Waals surface area contributed by atoms with Gasteiger partial charge >= 0.3 is 0 Å². The molecule has 0 fully saturated rings. The molecule has 0 unspecified atom stereocenters. The number of nitrogens with two attached hydrogens (primary N) is 1. The Morgan fingerprint density at radius 1 is 0.923 bits per heavy atom. The molecular formula is C19H19N7. The minimum absolute atomic E-state index is 0.624. The molecule has 0 saturated heterocycles. The molecule has 2 heterocycles. The predicted molar refractivity (Wildman–Crippen MR) is 102 cm³/mol. The van der Waals surface area contributed by atoms with E-state index >= 15 is 0 Å². The summed E-state index contributed by atoms with van der Waals surface area (Å²) in [5, 5.41) is 11.8. The maximum Gasteiger partial charge on any atom is 0.184 e. The number of nitrogens with one attached hydrogen (secondary N) is 1. The van der Waals surface area contributed by atoms with Crippen LogP contribution in [0.1, 0.15) is 11.1 Å². The summed E-state index contributed by atoms with van der Waals surface area (Å²) in [7, 11) is 0. The first-order chi connectivity index (χ1) is 12.8. The van der Waals surface area contributed by atoms with Crippen LogP contribution in [0, 0.1) is 0 Å². The molecule has 0 spiro atoms. The Morgan fingerprint density at radius 2 is 1.73 bits per heavy atom. The molecular weight excluding hydrogens is 326 g/mol. The molecule has 7 heteroatoms. The minimum atomic E-state index is 0.624. The van der Waals surface area contributed by atoms with Crippen LogP contribution < -0.4 is 11.1 Å². The lowest BCUT2D eigenvalue weighted by Crippen LogP contribution is -2.08. The first kappa shape index (κ1) is 16.0. The summed E-state index contributed by atoms with van der Waals surface area (Å²) in [4.78, 5) is 8.66. The lowest BCUT2D eigenvalue weighted by molar-refractivity contribution is 0.664. The summed E-state index contributed by atoms with van der Waals surface area (Å²) >= 11 is 0. The van der Waals surface area contributed by atoms with Crippen LogP contribution in [-0.2, 0) is 13.0 Å². The van der Waals surface area contributed by atoms with Crippen LogP contribution in [0.4, 0.5) is 11.5 Å². The van der Waals surface area contributed by atoms with Crippen molar-refractivity contribution in [2.24, 2.45) is 0 Å².